The summed E-state index contributed by atoms with van der Waals surface area (Å²) >= 11 is 0. The van der Waals surface area contributed by atoms with Gasteiger partial charge in [-0.25, -0.2) is 0 Å². The maximum Gasteiger partial charge on any atom is 0.0945 e. The quantitative estimate of drug-likeness (QED) is 0.500. The predicted octanol–water partition coefficient (Wildman–Crippen LogP) is 4.65. The van der Waals surface area contributed by atoms with Crippen LogP contribution in [0.3, 0.4) is 0 Å². The van der Waals surface area contributed by atoms with Crippen LogP contribution in [0.1, 0.15) is 23.6 Å². The van der Waals surface area contributed by atoms with E-state index in [1.807, 2.05) is 18.2 Å². The number of rotatable bonds is 2. The molecule has 0 aliphatic rings. The Bertz CT molecular complexity index is 1110. The van der Waals surface area contributed by atoms with Gasteiger partial charge >= 0.3 is 0 Å². The molecule has 0 saturated heterocycles. The van der Waals surface area contributed by atoms with Crippen molar-refractivity contribution in [1.82, 2.24) is 15.2 Å². The van der Waals surface area contributed by atoms with Crippen molar-refractivity contribution in [3.05, 3.63) is 89.9 Å². The number of hydrogen-bond donors (Lipinski definition) is 0. The first-order valence-corrected chi connectivity index (χ1v) is 8.61. The molecule has 124 valence electrons. The molecular formula is C23H17N3. The monoisotopic (exact) mass is 335 g/mol. The minimum Gasteiger partial charge on any atom is -0.265 e. The summed E-state index contributed by atoms with van der Waals surface area (Å²) in [5.74, 6) is 6.42. The van der Waals surface area contributed by atoms with Crippen LogP contribution in [0.25, 0.3) is 22.0 Å². The topological polar surface area (TPSA) is 38.7 Å². The number of hydrogen-bond acceptors (Lipinski definition) is 3. The van der Waals surface area contributed by atoms with Gasteiger partial charge < -0.3 is 0 Å². The van der Waals surface area contributed by atoms with Gasteiger partial charge in [0.2, 0.25) is 0 Å². The van der Waals surface area contributed by atoms with Crippen LogP contribution in [0, 0.1) is 11.8 Å². The zero-order chi connectivity index (χ0) is 17.8. The van der Waals surface area contributed by atoms with Crippen LogP contribution < -0.4 is 0 Å². The molecule has 26 heavy (non-hydrogen) atoms. The molecule has 0 unspecified atom stereocenters. The average molecular weight is 335 g/mol. The van der Waals surface area contributed by atoms with E-state index in [1.165, 1.54) is 16.7 Å². The van der Waals surface area contributed by atoms with E-state index in [9.17, 15) is 0 Å². The van der Waals surface area contributed by atoms with Gasteiger partial charge in [-0.1, -0.05) is 49.1 Å². The molecular weight excluding hydrogens is 318 g/mol. The van der Waals surface area contributed by atoms with Gasteiger partial charge in [-0.05, 0) is 47.4 Å². The first kappa shape index (κ1) is 16.0. The zero-order valence-corrected chi connectivity index (χ0v) is 14.5. The van der Waals surface area contributed by atoms with Gasteiger partial charge in [0.25, 0.3) is 0 Å². The molecule has 4 aromatic rings. The average Bonchev–Trinajstić information content (AvgIpc) is 2.72. The Morgan fingerprint density at radius 3 is 2.50 bits per heavy atom. The van der Waals surface area contributed by atoms with Crippen molar-refractivity contribution in [1.29, 1.82) is 0 Å². The molecule has 4 rings (SSSR count). The van der Waals surface area contributed by atoms with E-state index in [0.29, 0.717) is 0 Å². The van der Waals surface area contributed by atoms with Crippen LogP contribution in [0.2, 0.25) is 0 Å². The predicted molar refractivity (Wildman–Crippen MR) is 105 cm³/mol. The van der Waals surface area contributed by atoms with Crippen LogP contribution in [0.5, 0.6) is 0 Å². The lowest BCUT2D eigenvalue weighted by Gasteiger charge is -2.10. The summed E-state index contributed by atoms with van der Waals surface area (Å²) in [4.78, 5) is 4.02. The van der Waals surface area contributed by atoms with E-state index in [2.05, 4.69) is 70.3 Å². The number of nitrogens with zero attached hydrogens (tertiary/aromatic N) is 3. The molecule has 2 aromatic carbocycles. The Morgan fingerprint density at radius 1 is 0.923 bits per heavy atom. The molecule has 0 bridgehead atoms. The van der Waals surface area contributed by atoms with E-state index in [-0.39, 0.29) is 0 Å². The summed E-state index contributed by atoms with van der Waals surface area (Å²) < 4.78 is 0. The number of pyridine rings is 1. The van der Waals surface area contributed by atoms with E-state index >= 15 is 0 Å². The highest BCUT2D eigenvalue weighted by atomic mass is 15.1. The Hall–Kier alpha value is -3.51. The second kappa shape index (κ2) is 7.16. The molecule has 0 saturated carbocycles. The lowest BCUT2D eigenvalue weighted by molar-refractivity contribution is 1.06. The van der Waals surface area contributed by atoms with Crippen molar-refractivity contribution in [2.45, 2.75) is 13.3 Å². The van der Waals surface area contributed by atoms with Crippen molar-refractivity contribution in [2.24, 2.45) is 0 Å². The molecule has 0 fully saturated rings. The zero-order valence-electron chi connectivity index (χ0n) is 14.5. The second-order valence-corrected chi connectivity index (χ2v) is 5.99. The summed E-state index contributed by atoms with van der Waals surface area (Å²) in [5.41, 5.74) is 6.38. The number of aryl methyl sites for hydroxylation is 1. The van der Waals surface area contributed by atoms with Crippen LogP contribution >= 0.6 is 0 Å². The van der Waals surface area contributed by atoms with Gasteiger partial charge in [0.05, 0.1) is 17.3 Å². The van der Waals surface area contributed by atoms with Crippen LogP contribution in [-0.2, 0) is 6.42 Å². The Kier molecular flexibility index (Phi) is 4.40. The fourth-order valence-corrected chi connectivity index (χ4v) is 3.00. The molecule has 3 nitrogen and oxygen atoms in total. The van der Waals surface area contributed by atoms with E-state index in [0.717, 1.165) is 28.5 Å². The molecule has 3 heteroatoms. The summed E-state index contributed by atoms with van der Waals surface area (Å²) in [6.45, 7) is 2.16. The van der Waals surface area contributed by atoms with E-state index in [4.69, 9.17) is 0 Å². The van der Waals surface area contributed by atoms with Gasteiger partial charge in [0, 0.05) is 23.3 Å². The van der Waals surface area contributed by atoms with Gasteiger partial charge in [0.15, 0.2) is 0 Å². The van der Waals surface area contributed by atoms with E-state index in [1.54, 1.807) is 18.6 Å². The van der Waals surface area contributed by atoms with Crippen molar-refractivity contribution in [3.8, 4) is 23.0 Å². The number of fused-ring (bicyclic) bond motifs is 1. The lowest BCUT2D eigenvalue weighted by Crippen LogP contribution is -1.94. The molecule has 0 spiro atoms. The highest BCUT2D eigenvalue weighted by Gasteiger charge is 2.09. The Labute approximate surface area is 152 Å². The highest BCUT2D eigenvalue weighted by Crippen LogP contribution is 2.29. The molecule has 2 aromatic heterocycles. The van der Waals surface area contributed by atoms with Crippen molar-refractivity contribution >= 4 is 10.9 Å². The molecule has 0 N–H and O–H groups in total. The number of aromatic nitrogens is 3. The Balaban J connectivity index is 1.89. The third kappa shape index (κ3) is 3.18. The molecule has 2 heterocycles. The van der Waals surface area contributed by atoms with Crippen molar-refractivity contribution in [2.75, 3.05) is 0 Å². The summed E-state index contributed by atoms with van der Waals surface area (Å²) in [6, 6.07) is 18.5. The molecule has 0 radical (unpaired) electrons. The third-order valence-electron chi connectivity index (χ3n) is 4.35. The minimum atomic E-state index is 0.878. The van der Waals surface area contributed by atoms with Crippen molar-refractivity contribution < 1.29 is 0 Å². The van der Waals surface area contributed by atoms with Gasteiger partial charge in [-0.3, -0.25) is 4.98 Å². The summed E-state index contributed by atoms with van der Waals surface area (Å²) in [7, 11) is 0. The molecule has 0 atom stereocenters. The standard InChI is InChI=1S/C23H17N3/c1-2-18-14-23-22(15-21(18)19-6-4-3-5-7-19)20(16-25-26-23)9-8-17-10-12-24-13-11-17/h3-7,10-16H,2H2,1H3. The molecule has 0 aliphatic heterocycles. The van der Waals surface area contributed by atoms with Gasteiger partial charge in [-0.15, -0.1) is 0 Å². The van der Waals surface area contributed by atoms with Crippen LogP contribution in [-0.4, -0.2) is 15.2 Å². The fourth-order valence-electron chi connectivity index (χ4n) is 3.00. The maximum atomic E-state index is 4.31. The largest absolute Gasteiger partial charge is 0.265 e. The molecule has 0 aliphatic carbocycles. The van der Waals surface area contributed by atoms with Gasteiger partial charge in [-0.2, -0.15) is 10.2 Å². The van der Waals surface area contributed by atoms with Gasteiger partial charge in [0.1, 0.15) is 0 Å². The minimum absolute atomic E-state index is 0.878. The summed E-state index contributed by atoms with van der Waals surface area (Å²) in [5, 5.41) is 9.48. The second-order valence-electron chi connectivity index (χ2n) is 5.99. The SMILES string of the molecule is CCc1cc2nncc(C#Cc3ccncc3)c2cc1-c1ccccc1. The highest BCUT2D eigenvalue weighted by molar-refractivity contribution is 5.90. The Morgan fingerprint density at radius 2 is 1.73 bits per heavy atom. The van der Waals surface area contributed by atoms with Crippen LogP contribution in [0.4, 0.5) is 0 Å². The van der Waals surface area contributed by atoms with E-state index < -0.39 is 0 Å². The van der Waals surface area contributed by atoms with Crippen LogP contribution in [0.15, 0.2) is 73.2 Å². The summed E-state index contributed by atoms with van der Waals surface area (Å²) in [6.07, 6.45) is 6.16. The normalized spacial score (nSPS) is 10.3. The lowest BCUT2D eigenvalue weighted by atomic mass is 9.95. The third-order valence-corrected chi connectivity index (χ3v) is 4.35. The molecule has 0 amide bonds. The number of benzene rings is 2. The first-order chi connectivity index (χ1) is 12.8. The van der Waals surface area contributed by atoms with Crippen molar-refractivity contribution in [3.63, 3.8) is 0 Å². The first-order valence-electron chi connectivity index (χ1n) is 8.61. The maximum absolute atomic E-state index is 4.31. The smallest absolute Gasteiger partial charge is 0.0945 e. The fraction of sp³-hybridized carbons (Fsp3) is 0.0870.